The van der Waals surface area contributed by atoms with Crippen LogP contribution in [0.1, 0.15) is 0 Å². The molecule has 0 fully saturated rings. The first-order chi connectivity index (χ1) is 5.76. The van der Waals surface area contributed by atoms with Gasteiger partial charge in [0.25, 0.3) is 0 Å². The van der Waals surface area contributed by atoms with Gasteiger partial charge in [-0.2, -0.15) is 0 Å². The van der Waals surface area contributed by atoms with Crippen molar-refractivity contribution in [1.82, 2.24) is 0 Å². The van der Waals surface area contributed by atoms with Gasteiger partial charge in [0, 0.05) is 0 Å². The number of hydrogen-bond donors (Lipinski definition) is 1. The molecule has 0 rings (SSSR count). The van der Waals surface area contributed by atoms with Crippen molar-refractivity contribution in [2.75, 3.05) is 13.2 Å². The van der Waals surface area contributed by atoms with Crippen LogP contribution < -0.4 is 0 Å². The second-order valence-corrected chi connectivity index (χ2v) is 1.85. The van der Waals surface area contributed by atoms with Crippen LogP contribution in [-0.4, -0.2) is 30.4 Å². The minimum Gasteiger partial charge on any atom is -0.433 e. The molecule has 4 nitrogen and oxygen atoms in total. The first-order valence-electron chi connectivity index (χ1n) is 3.42. The van der Waals surface area contributed by atoms with E-state index >= 15 is 0 Å². The SMILES string of the molecule is C=COC(=O)C(C=C)OCCO. The number of ether oxygens (including phenoxy) is 2. The predicted octanol–water partition coefficient (Wildman–Crippen LogP) is 0.237. The Kier molecular flexibility index (Phi) is 5.95. The number of rotatable bonds is 6. The minimum absolute atomic E-state index is 0.0724. The summed E-state index contributed by atoms with van der Waals surface area (Å²) in [7, 11) is 0. The highest BCUT2D eigenvalue weighted by Crippen LogP contribution is 1.96. The Labute approximate surface area is 71.1 Å². The standard InChI is InChI=1S/C8H12O4/c1-3-7(12-6-5-9)8(10)11-4-2/h3-4,7,9H,1-2,5-6H2. The summed E-state index contributed by atoms with van der Waals surface area (Å²) >= 11 is 0. The highest BCUT2D eigenvalue weighted by atomic mass is 16.6. The number of esters is 1. The van der Waals surface area contributed by atoms with Crippen molar-refractivity contribution in [1.29, 1.82) is 0 Å². The van der Waals surface area contributed by atoms with E-state index in [0.717, 1.165) is 6.26 Å². The third kappa shape index (κ3) is 3.90. The van der Waals surface area contributed by atoms with Gasteiger partial charge in [0.2, 0.25) is 0 Å². The van der Waals surface area contributed by atoms with Gasteiger partial charge in [0.05, 0.1) is 19.5 Å². The molecule has 4 heteroatoms. The molecular weight excluding hydrogens is 160 g/mol. The second-order valence-electron chi connectivity index (χ2n) is 1.85. The minimum atomic E-state index is -0.838. The zero-order valence-corrected chi connectivity index (χ0v) is 6.73. The van der Waals surface area contributed by atoms with Gasteiger partial charge in [0.15, 0.2) is 6.10 Å². The summed E-state index contributed by atoms with van der Waals surface area (Å²) in [5.74, 6) is -0.589. The molecule has 0 aromatic rings. The summed E-state index contributed by atoms with van der Waals surface area (Å²) in [6, 6.07) is 0. The van der Waals surface area contributed by atoms with E-state index in [-0.39, 0.29) is 13.2 Å². The van der Waals surface area contributed by atoms with Crippen molar-refractivity contribution in [3.05, 3.63) is 25.5 Å². The zero-order valence-electron chi connectivity index (χ0n) is 6.73. The highest BCUT2D eigenvalue weighted by molar-refractivity contribution is 5.77. The molecule has 0 aromatic heterocycles. The molecule has 0 aromatic carbocycles. The molecule has 0 aliphatic heterocycles. The molecule has 1 atom stereocenters. The average molecular weight is 172 g/mol. The lowest BCUT2D eigenvalue weighted by molar-refractivity contribution is -0.148. The molecule has 1 unspecified atom stereocenters. The molecule has 0 radical (unpaired) electrons. The van der Waals surface area contributed by atoms with E-state index < -0.39 is 12.1 Å². The normalized spacial score (nSPS) is 11.8. The number of aliphatic hydroxyl groups is 1. The molecule has 0 amide bonds. The smallest absolute Gasteiger partial charge is 0.344 e. The zero-order chi connectivity index (χ0) is 9.40. The molecule has 0 saturated carbocycles. The quantitative estimate of drug-likeness (QED) is 0.354. The summed E-state index contributed by atoms with van der Waals surface area (Å²) in [6.45, 7) is 6.52. The third-order valence-corrected chi connectivity index (χ3v) is 1.03. The Morgan fingerprint density at radius 2 is 2.25 bits per heavy atom. The van der Waals surface area contributed by atoms with Gasteiger partial charge in [-0.25, -0.2) is 4.79 Å². The molecular formula is C8H12O4. The average Bonchev–Trinajstić information content (AvgIpc) is 2.06. The molecule has 68 valence electrons. The van der Waals surface area contributed by atoms with E-state index in [1.54, 1.807) is 0 Å². The number of aliphatic hydroxyl groups excluding tert-OH is 1. The Morgan fingerprint density at radius 3 is 2.67 bits per heavy atom. The van der Waals surface area contributed by atoms with Crippen LogP contribution in [0.5, 0.6) is 0 Å². The van der Waals surface area contributed by atoms with Crippen molar-refractivity contribution < 1.29 is 19.4 Å². The van der Waals surface area contributed by atoms with E-state index in [4.69, 9.17) is 9.84 Å². The topological polar surface area (TPSA) is 55.8 Å². The molecule has 0 aliphatic carbocycles. The fourth-order valence-corrected chi connectivity index (χ4v) is 0.561. The van der Waals surface area contributed by atoms with Crippen LogP contribution in [-0.2, 0) is 14.3 Å². The Bertz CT molecular complexity index is 164. The highest BCUT2D eigenvalue weighted by Gasteiger charge is 2.15. The van der Waals surface area contributed by atoms with E-state index in [2.05, 4.69) is 17.9 Å². The Morgan fingerprint density at radius 1 is 1.58 bits per heavy atom. The van der Waals surface area contributed by atoms with E-state index in [1.165, 1.54) is 6.08 Å². The van der Waals surface area contributed by atoms with Crippen LogP contribution in [0.25, 0.3) is 0 Å². The van der Waals surface area contributed by atoms with Crippen molar-refractivity contribution in [3.63, 3.8) is 0 Å². The van der Waals surface area contributed by atoms with Gasteiger partial charge < -0.3 is 14.6 Å². The lowest BCUT2D eigenvalue weighted by atomic mass is 10.3. The third-order valence-electron chi connectivity index (χ3n) is 1.03. The van der Waals surface area contributed by atoms with Crippen LogP contribution in [0.15, 0.2) is 25.5 Å². The second kappa shape index (κ2) is 6.57. The van der Waals surface area contributed by atoms with Gasteiger partial charge in [0.1, 0.15) is 0 Å². The van der Waals surface area contributed by atoms with Crippen molar-refractivity contribution >= 4 is 5.97 Å². The molecule has 0 aliphatic rings. The number of carbonyl (C=O) groups is 1. The maximum Gasteiger partial charge on any atom is 0.344 e. The Hall–Kier alpha value is -1.13. The van der Waals surface area contributed by atoms with Crippen molar-refractivity contribution in [2.24, 2.45) is 0 Å². The molecule has 1 N–H and O–H groups in total. The largest absolute Gasteiger partial charge is 0.433 e. The van der Waals surface area contributed by atoms with Gasteiger partial charge in [-0.1, -0.05) is 19.2 Å². The number of carbonyl (C=O) groups excluding carboxylic acids is 1. The van der Waals surface area contributed by atoms with E-state index in [0.29, 0.717) is 0 Å². The first kappa shape index (κ1) is 10.9. The van der Waals surface area contributed by atoms with Crippen LogP contribution in [0, 0.1) is 0 Å². The molecule has 0 spiro atoms. The lowest BCUT2D eigenvalue weighted by Gasteiger charge is -2.09. The van der Waals surface area contributed by atoms with Crippen LogP contribution in [0.3, 0.4) is 0 Å². The fourth-order valence-electron chi connectivity index (χ4n) is 0.561. The van der Waals surface area contributed by atoms with E-state index in [1.807, 2.05) is 0 Å². The Balaban J connectivity index is 3.86. The van der Waals surface area contributed by atoms with Gasteiger partial charge in [-0.05, 0) is 0 Å². The molecule has 12 heavy (non-hydrogen) atoms. The van der Waals surface area contributed by atoms with Gasteiger partial charge >= 0.3 is 5.97 Å². The maximum atomic E-state index is 10.9. The molecule has 0 bridgehead atoms. The predicted molar refractivity (Wildman–Crippen MR) is 43.3 cm³/mol. The molecule has 0 heterocycles. The summed E-state index contributed by atoms with van der Waals surface area (Å²) in [5.41, 5.74) is 0. The lowest BCUT2D eigenvalue weighted by Crippen LogP contribution is -2.24. The first-order valence-corrected chi connectivity index (χ1v) is 3.42. The monoisotopic (exact) mass is 172 g/mol. The summed E-state index contributed by atoms with van der Waals surface area (Å²) < 4.78 is 9.30. The van der Waals surface area contributed by atoms with Crippen LogP contribution in [0.2, 0.25) is 0 Å². The summed E-state index contributed by atoms with van der Waals surface area (Å²) in [6.07, 6.45) is 1.47. The van der Waals surface area contributed by atoms with E-state index in [9.17, 15) is 4.79 Å². The van der Waals surface area contributed by atoms with Crippen molar-refractivity contribution in [2.45, 2.75) is 6.10 Å². The van der Waals surface area contributed by atoms with Crippen LogP contribution in [0.4, 0.5) is 0 Å². The van der Waals surface area contributed by atoms with Crippen molar-refractivity contribution in [3.8, 4) is 0 Å². The number of hydrogen-bond acceptors (Lipinski definition) is 4. The van der Waals surface area contributed by atoms with Crippen LogP contribution >= 0.6 is 0 Å². The van der Waals surface area contributed by atoms with Gasteiger partial charge in [-0.15, -0.1) is 0 Å². The molecule has 0 saturated heterocycles. The summed E-state index contributed by atoms with van der Waals surface area (Å²) in [5, 5.41) is 8.39. The maximum absolute atomic E-state index is 10.9. The fraction of sp³-hybridized carbons (Fsp3) is 0.375. The summed E-state index contributed by atoms with van der Waals surface area (Å²) in [4.78, 5) is 10.9. The van der Waals surface area contributed by atoms with Gasteiger partial charge in [-0.3, -0.25) is 0 Å².